The largest absolute Gasteiger partial charge is 0.444 e. The van der Waals surface area contributed by atoms with Gasteiger partial charge in [-0.2, -0.15) is 0 Å². The second-order valence-corrected chi connectivity index (χ2v) is 5.04. The molecule has 0 spiro atoms. The molecule has 1 aromatic rings. The van der Waals surface area contributed by atoms with Gasteiger partial charge < -0.3 is 4.74 Å². The van der Waals surface area contributed by atoms with Crippen molar-refractivity contribution in [1.82, 2.24) is 0 Å². The van der Waals surface area contributed by atoms with Crippen LogP contribution in [0.1, 0.15) is 32.5 Å². The van der Waals surface area contributed by atoms with E-state index in [0.29, 0.717) is 5.69 Å². The van der Waals surface area contributed by atoms with Gasteiger partial charge in [-0.15, -0.1) is 10.2 Å². The van der Waals surface area contributed by atoms with Crippen molar-refractivity contribution in [3.8, 4) is 0 Å². The molecule has 0 aliphatic carbocycles. The van der Waals surface area contributed by atoms with E-state index in [-0.39, 0.29) is 0 Å². The number of benzene rings is 1. The number of carbonyl (C=O) groups excluding carboxylic acids is 1. The summed E-state index contributed by atoms with van der Waals surface area (Å²) in [6, 6.07) is 7.16. The van der Waals surface area contributed by atoms with Crippen molar-refractivity contribution in [3.63, 3.8) is 0 Å². The lowest BCUT2D eigenvalue weighted by molar-refractivity contribution is 0.0636. The van der Waals surface area contributed by atoms with Crippen LogP contribution in [0.25, 0.3) is 0 Å². The highest BCUT2D eigenvalue weighted by molar-refractivity contribution is 5.84. The van der Waals surface area contributed by atoms with Gasteiger partial charge in [0.25, 0.3) is 0 Å². The highest BCUT2D eigenvalue weighted by atomic mass is 16.6. The van der Waals surface area contributed by atoms with Crippen LogP contribution in [-0.4, -0.2) is 11.7 Å². The molecule has 0 aromatic heterocycles. The number of hydrogen-bond acceptors (Lipinski definition) is 6. The first-order valence-electron chi connectivity index (χ1n) is 5.84. The van der Waals surface area contributed by atoms with Crippen molar-refractivity contribution in [2.24, 2.45) is 20.7 Å². The fraction of sp³-hybridized carbons (Fsp3) is 0.417. The standard InChI is InChI=1S/C12H15N5O2/c1-12(2,3)19-11(18)13-9-6-4-5-8(7-9)10-14-16-17-15-10/h4-7,10H,1-3H3,(H,13,18). The highest BCUT2D eigenvalue weighted by Crippen LogP contribution is 2.26. The molecule has 100 valence electrons. The molecule has 0 unspecified atom stereocenters. The minimum absolute atomic E-state index is 0.430. The van der Waals surface area contributed by atoms with Gasteiger partial charge >= 0.3 is 6.09 Å². The Hall–Kier alpha value is -2.31. The van der Waals surface area contributed by atoms with Gasteiger partial charge in [0.15, 0.2) is 0 Å². The second kappa shape index (κ2) is 5.13. The molecule has 7 nitrogen and oxygen atoms in total. The van der Waals surface area contributed by atoms with E-state index in [4.69, 9.17) is 4.74 Å². The molecule has 0 saturated heterocycles. The number of ether oxygens (including phenoxy) is 1. The molecule has 0 bridgehead atoms. The predicted molar refractivity (Wildman–Crippen MR) is 68.8 cm³/mol. The van der Waals surface area contributed by atoms with E-state index in [0.717, 1.165) is 5.56 Å². The van der Waals surface area contributed by atoms with Gasteiger partial charge in [-0.05, 0) is 43.4 Å². The Labute approximate surface area is 110 Å². The van der Waals surface area contributed by atoms with Crippen molar-refractivity contribution in [1.29, 1.82) is 0 Å². The number of rotatable bonds is 2. The normalized spacial score (nSPS) is 14.7. The second-order valence-electron chi connectivity index (χ2n) is 5.04. The molecule has 7 heteroatoms. The molecule has 0 fully saturated rings. The minimum atomic E-state index is -0.532. The molecule has 1 aromatic carbocycles. The van der Waals surface area contributed by atoms with Crippen molar-refractivity contribution in [2.45, 2.75) is 32.5 Å². The van der Waals surface area contributed by atoms with Crippen molar-refractivity contribution >= 4 is 11.8 Å². The van der Waals surface area contributed by atoms with Crippen LogP contribution in [0.5, 0.6) is 0 Å². The van der Waals surface area contributed by atoms with E-state index >= 15 is 0 Å². The van der Waals surface area contributed by atoms with Crippen molar-refractivity contribution < 1.29 is 9.53 Å². The molecule has 1 amide bonds. The van der Waals surface area contributed by atoms with E-state index in [1.165, 1.54) is 0 Å². The first kappa shape index (κ1) is 13.1. The first-order valence-corrected chi connectivity index (χ1v) is 5.84. The zero-order valence-electron chi connectivity index (χ0n) is 11.0. The summed E-state index contributed by atoms with van der Waals surface area (Å²) in [4.78, 5) is 11.6. The SMILES string of the molecule is CC(C)(C)OC(=O)Nc1cccc(C2N=NN=N2)c1. The van der Waals surface area contributed by atoms with E-state index in [9.17, 15) is 4.79 Å². The van der Waals surface area contributed by atoms with Crippen LogP contribution in [-0.2, 0) is 4.74 Å². The predicted octanol–water partition coefficient (Wildman–Crippen LogP) is 3.87. The molecule has 0 atom stereocenters. The van der Waals surface area contributed by atoms with Gasteiger partial charge in [0.2, 0.25) is 6.17 Å². The Morgan fingerprint density at radius 1 is 1.26 bits per heavy atom. The summed E-state index contributed by atoms with van der Waals surface area (Å²) in [6.07, 6.45) is -0.931. The average Bonchev–Trinajstić information content (AvgIpc) is 2.79. The van der Waals surface area contributed by atoms with Crippen LogP contribution in [0.2, 0.25) is 0 Å². The number of anilines is 1. The monoisotopic (exact) mass is 261 g/mol. The van der Waals surface area contributed by atoms with Crippen LogP contribution in [0.4, 0.5) is 10.5 Å². The smallest absolute Gasteiger partial charge is 0.412 e. The molecule has 2 rings (SSSR count). The summed E-state index contributed by atoms with van der Waals surface area (Å²) in [5.41, 5.74) is 0.887. The Morgan fingerprint density at radius 3 is 2.58 bits per heavy atom. The first-order chi connectivity index (χ1) is 8.94. The highest BCUT2D eigenvalue weighted by Gasteiger charge is 2.17. The summed E-state index contributed by atoms with van der Waals surface area (Å²) in [7, 11) is 0. The van der Waals surface area contributed by atoms with Crippen LogP contribution in [0, 0.1) is 0 Å². The molecule has 1 heterocycles. The summed E-state index contributed by atoms with van der Waals surface area (Å²) in [5, 5.41) is 17.2. The molecule has 1 aliphatic heterocycles. The Morgan fingerprint density at radius 2 is 1.95 bits per heavy atom. The third-order valence-electron chi connectivity index (χ3n) is 2.19. The third kappa shape index (κ3) is 3.84. The maximum absolute atomic E-state index is 11.6. The molecular weight excluding hydrogens is 246 g/mol. The number of nitrogens with zero attached hydrogens (tertiary/aromatic N) is 4. The van der Waals surface area contributed by atoms with Gasteiger partial charge in [0.1, 0.15) is 5.60 Å². The van der Waals surface area contributed by atoms with Crippen LogP contribution < -0.4 is 5.32 Å². The zero-order chi connectivity index (χ0) is 13.9. The number of carbonyl (C=O) groups is 1. The number of nitrogens with one attached hydrogen (secondary N) is 1. The van der Waals surface area contributed by atoms with Crippen molar-refractivity contribution in [3.05, 3.63) is 29.8 Å². The maximum Gasteiger partial charge on any atom is 0.412 e. The summed E-state index contributed by atoms with van der Waals surface area (Å²) in [6.45, 7) is 5.42. The van der Waals surface area contributed by atoms with E-state index in [1.54, 1.807) is 18.2 Å². The molecule has 0 radical (unpaired) electrons. The number of amides is 1. The Kier molecular flexibility index (Phi) is 3.55. The van der Waals surface area contributed by atoms with E-state index in [1.807, 2.05) is 26.8 Å². The topological polar surface area (TPSA) is 87.8 Å². The fourth-order valence-electron chi connectivity index (χ4n) is 1.50. The van der Waals surface area contributed by atoms with Crippen LogP contribution >= 0.6 is 0 Å². The van der Waals surface area contributed by atoms with Crippen LogP contribution in [0.15, 0.2) is 44.9 Å². The average molecular weight is 261 g/mol. The lowest BCUT2D eigenvalue weighted by atomic mass is 10.1. The maximum atomic E-state index is 11.6. The van der Waals surface area contributed by atoms with Gasteiger partial charge in [0, 0.05) is 11.3 Å². The summed E-state index contributed by atoms with van der Waals surface area (Å²) in [5.74, 6) is 0. The van der Waals surface area contributed by atoms with Crippen LogP contribution in [0.3, 0.4) is 0 Å². The Balaban J connectivity index is 2.05. The van der Waals surface area contributed by atoms with Gasteiger partial charge in [-0.3, -0.25) is 5.32 Å². The zero-order valence-corrected chi connectivity index (χ0v) is 11.0. The van der Waals surface area contributed by atoms with Crippen molar-refractivity contribution in [2.75, 3.05) is 5.32 Å². The van der Waals surface area contributed by atoms with E-state index in [2.05, 4.69) is 26.0 Å². The van der Waals surface area contributed by atoms with Gasteiger partial charge in [-0.25, -0.2) is 4.79 Å². The van der Waals surface area contributed by atoms with Gasteiger partial charge in [0.05, 0.1) is 0 Å². The molecule has 19 heavy (non-hydrogen) atoms. The quantitative estimate of drug-likeness (QED) is 0.875. The fourth-order valence-corrected chi connectivity index (χ4v) is 1.50. The lowest BCUT2D eigenvalue weighted by Gasteiger charge is -2.19. The van der Waals surface area contributed by atoms with Gasteiger partial charge in [-0.1, -0.05) is 12.1 Å². The molecule has 1 aliphatic rings. The summed E-state index contributed by atoms with van der Waals surface area (Å²) < 4.78 is 5.17. The third-order valence-corrected chi connectivity index (χ3v) is 2.19. The summed E-state index contributed by atoms with van der Waals surface area (Å²) >= 11 is 0. The van der Waals surface area contributed by atoms with E-state index < -0.39 is 17.9 Å². The molecule has 0 saturated carbocycles. The number of hydrogen-bond donors (Lipinski definition) is 1. The molecule has 1 N–H and O–H groups in total. The molecular formula is C12H15N5O2. The lowest BCUT2D eigenvalue weighted by Crippen LogP contribution is -2.27. The minimum Gasteiger partial charge on any atom is -0.444 e. The Bertz CT molecular complexity index is 521.